The second-order valence-corrected chi connectivity index (χ2v) is 7.92. The van der Waals surface area contributed by atoms with Crippen LogP contribution in [0.4, 0.5) is 5.69 Å². The lowest BCUT2D eigenvalue weighted by molar-refractivity contribution is -0.422. The summed E-state index contributed by atoms with van der Waals surface area (Å²) in [6.07, 6.45) is 0. The highest BCUT2D eigenvalue weighted by molar-refractivity contribution is 7.92. The van der Waals surface area contributed by atoms with E-state index in [0.29, 0.717) is 33.0 Å². The van der Waals surface area contributed by atoms with Crippen molar-refractivity contribution in [2.45, 2.75) is 18.7 Å². The largest absolute Gasteiger partial charge is 0.550 e. The van der Waals surface area contributed by atoms with Crippen molar-refractivity contribution in [2.24, 2.45) is 0 Å². The van der Waals surface area contributed by atoms with Gasteiger partial charge in [-0.25, -0.2) is 13.8 Å². The van der Waals surface area contributed by atoms with Gasteiger partial charge in [-0.2, -0.15) is 0 Å². The number of amides is 1. The normalized spacial score (nSPS) is 10.8. The van der Waals surface area contributed by atoms with Crippen LogP contribution in [0.5, 0.6) is 0 Å². The van der Waals surface area contributed by atoms with Crippen molar-refractivity contribution in [3.63, 3.8) is 0 Å². The minimum Gasteiger partial charge on any atom is -0.550 e. The van der Waals surface area contributed by atoms with Crippen molar-refractivity contribution in [3.8, 4) is 0 Å². The number of halogens is 1. The maximum Gasteiger partial charge on any atom is 0.299 e. The summed E-state index contributed by atoms with van der Waals surface area (Å²) in [5.74, 6) is 2.29. The molecule has 0 atom stereocenters. The molecule has 1 heterocycles. The number of carbonyl (C=O) groups is 2. The first-order valence-electron chi connectivity index (χ1n) is 8.11. The van der Waals surface area contributed by atoms with Gasteiger partial charge < -0.3 is 14.3 Å². The zero-order valence-corrected chi connectivity index (χ0v) is 17.1. The van der Waals surface area contributed by atoms with Gasteiger partial charge in [0.1, 0.15) is 11.3 Å². The average Bonchev–Trinajstić information content (AvgIpc) is 2.96. The molecule has 9 nitrogen and oxygen atoms in total. The molecule has 3 rings (SSSR count). The minimum atomic E-state index is -3.78. The van der Waals surface area contributed by atoms with E-state index in [4.69, 9.17) is 25.9 Å². The number of sulfonamides is 1. The molecule has 0 unspecified atom stereocenters. The van der Waals surface area contributed by atoms with Crippen LogP contribution in [-0.2, 0) is 14.8 Å². The van der Waals surface area contributed by atoms with Gasteiger partial charge in [-0.1, -0.05) is 11.6 Å². The number of carboxylic acids is 1. The van der Waals surface area contributed by atoms with E-state index in [1.165, 1.54) is 24.3 Å². The monoisotopic (exact) mass is 439 g/mol. The highest BCUT2D eigenvalue weighted by atomic mass is 35.5. The van der Waals surface area contributed by atoms with Crippen LogP contribution in [0.3, 0.4) is 0 Å². The standard InChI is InChI=1S/C16H14ClN3O4S.C2H4O2/c1-9-15(16(21)19-18)13-8-11(4-7-14(13)24-9)20-25(22,23)12-5-2-10(17)3-6-12;1-2(3)4/h2-8,20H,18H2,1H3,(H,19,21);1H3,(H,3,4). The molecule has 0 fully saturated rings. The number of hydrogen-bond acceptors (Lipinski definition) is 6. The SMILES string of the molecule is CC(=O)[O-].Cc1oc2ccc(NS(=O)(=O)c3ccc(Cl)cc3)cc2c1C(=O)N[NH3+]. The number of benzene rings is 2. The highest BCUT2D eigenvalue weighted by Crippen LogP contribution is 2.29. The maximum absolute atomic E-state index is 12.5. The lowest BCUT2D eigenvalue weighted by Crippen LogP contribution is -2.67. The molecule has 0 spiro atoms. The molecular formula is C18H18ClN3O6S. The maximum atomic E-state index is 12.5. The van der Waals surface area contributed by atoms with Gasteiger partial charge in [0.2, 0.25) is 0 Å². The van der Waals surface area contributed by atoms with Crippen molar-refractivity contribution in [3.05, 3.63) is 58.8 Å². The lowest BCUT2D eigenvalue weighted by Gasteiger charge is -2.08. The molecule has 154 valence electrons. The van der Waals surface area contributed by atoms with Crippen molar-refractivity contribution in [1.29, 1.82) is 0 Å². The molecule has 0 radical (unpaired) electrons. The van der Waals surface area contributed by atoms with Crippen molar-refractivity contribution in [2.75, 3.05) is 4.72 Å². The molecule has 3 aromatic rings. The number of fused-ring (bicyclic) bond motifs is 1. The number of aliphatic carboxylic acids is 1. The average molecular weight is 440 g/mol. The summed E-state index contributed by atoms with van der Waals surface area (Å²) in [5, 5.41) is 9.83. The van der Waals surface area contributed by atoms with Crippen LogP contribution in [0.15, 0.2) is 51.8 Å². The summed E-state index contributed by atoms with van der Waals surface area (Å²) in [5.41, 5.74) is 3.40. The molecule has 11 heteroatoms. The Hall–Kier alpha value is -3.08. The molecule has 0 bridgehead atoms. The smallest absolute Gasteiger partial charge is 0.299 e. The van der Waals surface area contributed by atoms with E-state index in [-0.39, 0.29) is 4.90 Å². The van der Waals surface area contributed by atoms with E-state index in [2.05, 4.69) is 16.0 Å². The van der Waals surface area contributed by atoms with Gasteiger partial charge in [-0.05, 0) is 56.3 Å². The summed E-state index contributed by atoms with van der Waals surface area (Å²) in [7, 11) is -3.78. The van der Waals surface area contributed by atoms with Crippen LogP contribution in [0.2, 0.25) is 5.02 Å². The summed E-state index contributed by atoms with van der Waals surface area (Å²) in [4.78, 5) is 20.9. The van der Waals surface area contributed by atoms with Crippen LogP contribution in [-0.4, -0.2) is 20.3 Å². The highest BCUT2D eigenvalue weighted by Gasteiger charge is 2.20. The van der Waals surface area contributed by atoms with Crippen LogP contribution in [0.1, 0.15) is 23.0 Å². The predicted octanol–water partition coefficient (Wildman–Crippen LogP) is 0.838. The number of furan rings is 1. The Morgan fingerprint density at radius 1 is 1.14 bits per heavy atom. The van der Waals surface area contributed by atoms with E-state index in [1.807, 2.05) is 0 Å². The first-order chi connectivity index (χ1) is 13.5. The zero-order chi connectivity index (χ0) is 21.8. The Morgan fingerprint density at radius 3 is 2.28 bits per heavy atom. The lowest BCUT2D eigenvalue weighted by atomic mass is 10.1. The van der Waals surface area contributed by atoms with E-state index in [0.717, 1.165) is 6.92 Å². The summed E-state index contributed by atoms with van der Waals surface area (Å²) in [6.45, 7) is 2.63. The molecule has 1 amide bonds. The number of anilines is 1. The van der Waals surface area contributed by atoms with Gasteiger partial charge in [0, 0.05) is 22.1 Å². The molecule has 29 heavy (non-hydrogen) atoms. The summed E-state index contributed by atoms with van der Waals surface area (Å²) in [6, 6.07) is 10.5. The Balaban J connectivity index is 0.000000687. The zero-order valence-electron chi connectivity index (χ0n) is 15.5. The van der Waals surface area contributed by atoms with Gasteiger partial charge >= 0.3 is 0 Å². The van der Waals surface area contributed by atoms with E-state index in [9.17, 15) is 13.2 Å². The quantitative estimate of drug-likeness (QED) is 0.511. The van der Waals surface area contributed by atoms with Crippen LogP contribution >= 0.6 is 11.6 Å². The van der Waals surface area contributed by atoms with Gasteiger partial charge in [0.05, 0.1) is 10.5 Å². The molecule has 0 saturated heterocycles. The second-order valence-electron chi connectivity index (χ2n) is 5.80. The fourth-order valence-electron chi connectivity index (χ4n) is 2.48. The summed E-state index contributed by atoms with van der Waals surface area (Å²) >= 11 is 5.78. The number of carboxylic acid groups (broad SMARTS) is 1. The topological polar surface area (TPSA) is 156 Å². The summed E-state index contributed by atoms with van der Waals surface area (Å²) < 4.78 is 32.9. The fraction of sp³-hybridized carbons (Fsp3) is 0.111. The molecule has 1 aromatic heterocycles. The van der Waals surface area contributed by atoms with Gasteiger partial charge in [0.15, 0.2) is 0 Å². The van der Waals surface area contributed by atoms with Crippen LogP contribution < -0.4 is 21.1 Å². The Morgan fingerprint density at radius 2 is 1.72 bits per heavy atom. The van der Waals surface area contributed by atoms with Gasteiger partial charge in [-0.15, -0.1) is 0 Å². The second kappa shape index (κ2) is 8.95. The Kier molecular flexibility index (Phi) is 6.85. The molecule has 2 aromatic carbocycles. The molecule has 0 aliphatic rings. The van der Waals surface area contributed by atoms with Crippen LogP contribution in [0.25, 0.3) is 11.0 Å². The van der Waals surface area contributed by atoms with Gasteiger partial charge in [-0.3, -0.25) is 15.4 Å². The molecule has 5 N–H and O–H groups in total. The fourth-order valence-corrected chi connectivity index (χ4v) is 3.66. The minimum absolute atomic E-state index is 0.0797. The molecule has 0 aliphatic carbocycles. The number of quaternary nitrogens is 1. The number of hydrogen-bond donors (Lipinski definition) is 3. The van der Waals surface area contributed by atoms with Crippen molar-refractivity contribution in [1.82, 2.24) is 5.43 Å². The third-order valence-electron chi connectivity index (χ3n) is 3.63. The van der Waals surface area contributed by atoms with E-state index in [1.54, 1.807) is 25.1 Å². The number of rotatable bonds is 4. The van der Waals surface area contributed by atoms with Crippen molar-refractivity contribution >= 4 is 50.2 Å². The first kappa shape index (κ1) is 22.2. The molecular weight excluding hydrogens is 422 g/mol. The van der Waals surface area contributed by atoms with E-state index >= 15 is 0 Å². The predicted molar refractivity (Wildman–Crippen MR) is 104 cm³/mol. The first-order valence-corrected chi connectivity index (χ1v) is 9.98. The number of carbonyl (C=O) groups excluding carboxylic acids is 2. The van der Waals surface area contributed by atoms with Crippen LogP contribution in [0, 0.1) is 6.92 Å². The van der Waals surface area contributed by atoms with E-state index < -0.39 is 21.9 Å². The Labute approximate surface area is 171 Å². The number of nitrogens with one attached hydrogen (secondary N) is 2. The van der Waals surface area contributed by atoms with Gasteiger partial charge in [0.25, 0.3) is 15.9 Å². The number of aryl methyl sites for hydroxylation is 1. The third kappa shape index (κ3) is 5.47. The Bertz CT molecular complexity index is 1150. The van der Waals surface area contributed by atoms with Crippen molar-refractivity contribution < 1.29 is 33.4 Å². The molecule has 0 aliphatic heterocycles. The molecule has 0 saturated carbocycles. The third-order valence-corrected chi connectivity index (χ3v) is 5.28.